The van der Waals surface area contributed by atoms with Gasteiger partial charge in [0.05, 0.1) is 0 Å². The van der Waals surface area contributed by atoms with Gasteiger partial charge in [0, 0.05) is 0 Å². The minimum absolute atomic E-state index is 0.0764. The summed E-state index contributed by atoms with van der Waals surface area (Å²) in [6, 6.07) is 23.7. The van der Waals surface area contributed by atoms with Crippen LogP contribution in [0.25, 0.3) is 0 Å². The highest BCUT2D eigenvalue weighted by atomic mass is 16.3. The summed E-state index contributed by atoms with van der Waals surface area (Å²) in [6.07, 6.45) is 0. The van der Waals surface area contributed by atoms with Gasteiger partial charge in [-0.25, -0.2) is 0 Å². The monoisotopic (exact) mass is 440 g/mol. The topological polar surface area (TPSA) is 162 Å². The van der Waals surface area contributed by atoms with Crippen molar-refractivity contribution in [3.8, 4) is 46.0 Å². The standard InChI is InChI=1S/4C6H6O2/c2*7-5-1-2-6(8)4-3-5;2*7-5-3-1-2-4-6(5)8/h4*1-4,7-8H. The van der Waals surface area contributed by atoms with Crippen molar-refractivity contribution in [3.63, 3.8) is 0 Å². The Labute approximate surface area is 184 Å². The Bertz CT molecular complexity index is 877. The summed E-state index contributed by atoms with van der Waals surface area (Å²) < 4.78 is 0. The highest BCUT2D eigenvalue weighted by molar-refractivity contribution is 5.36. The number of benzene rings is 4. The van der Waals surface area contributed by atoms with Gasteiger partial charge in [-0.05, 0) is 72.8 Å². The largest absolute Gasteiger partial charge is 0.508 e. The van der Waals surface area contributed by atoms with E-state index in [1.807, 2.05) is 0 Å². The first-order valence-electron chi connectivity index (χ1n) is 9.09. The molecular weight excluding hydrogens is 416 g/mol. The molecule has 0 heterocycles. The van der Waals surface area contributed by atoms with E-state index in [0.29, 0.717) is 0 Å². The van der Waals surface area contributed by atoms with Gasteiger partial charge >= 0.3 is 0 Å². The zero-order chi connectivity index (χ0) is 23.9. The molecule has 0 aromatic heterocycles. The molecule has 4 rings (SSSR count). The van der Waals surface area contributed by atoms with E-state index in [2.05, 4.69) is 0 Å². The summed E-state index contributed by atoms with van der Waals surface area (Å²) in [4.78, 5) is 0. The Morgan fingerprint density at radius 2 is 0.406 bits per heavy atom. The lowest BCUT2D eigenvalue weighted by molar-refractivity contribution is 0.404. The smallest absolute Gasteiger partial charge is 0.157 e. The molecule has 0 atom stereocenters. The van der Waals surface area contributed by atoms with Crippen LogP contribution in [0.3, 0.4) is 0 Å². The van der Waals surface area contributed by atoms with Crippen LogP contribution in [0, 0.1) is 0 Å². The third kappa shape index (κ3) is 10.7. The molecule has 8 N–H and O–H groups in total. The van der Waals surface area contributed by atoms with Crippen LogP contribution >= 0.6 is 0 Å². The lowest BCUT2D eigenvalue weighted by Gasteiger charge is -1.91. The molecule has 0 saturated heterocycles. The van der Waals surface area contributed by atoms with E-state index in [1.165, 1.54) is 72.8 Å². The van der Waals surface area contributed by atoms with Crippen molar-refractivity contribution in [2.24, 2.45) is 0 Å². The maximum Gasteiger partial charge on any atom is 0.157 e. The number of phenolic OH excluding ortho intramolecular Hbond substituents is 8. The average molecular weight is 440 g/mol. The van der Waals surface area contributed by atoms with Gasteiger partial charge in [-0.1, -0.05) is 24.3 Å². The van der Waals surface area contributed by atoms with Crippen LogP contribution in [0.1, 0.15) is 0 Å². The molecule has 0 aliphatic heterocycles. The molecule has 0 aliphatic carbocycles. The lowest BCUT2D eigenvalue weighted by atomic mass is 10.3. The third-order valence-electron chi connectivity index (χ3n) is 3.46. The molecule has 0 unspecified atom stereocenters. The minimum Gasteiger partial charge on any atom is -0.508 e. The Kier molecular flexibility index (Phi) is 10.7. The van der Waals surface area contributed by atoms with E-state index in [-0.39, 0.29) is 46.0 Å². The molecule has 4 aromatic rings. The normalized spacial score (nSPS) is 9.00. The first-order chi connectivity index (χ1) is 15.2. The van der Waals surface area contributed by atoms with Crippen molar-refractivity contribution in [1.29, 1.82) is 0 Å². The van der Waals surface area contributed by atoms with Crippen molar-refractivity contribution in [1.82, 2.24) is 0 Å². The highest BCUT2D eigenvalue weighted by Crippen LogP contribution is 2.22. The number of hydrogen-bond donors (Lipinski definition) is 8. The highest BCUT2D eigenvalue weighted by Gasteiger charge is 1.91. The van der Waals surface area contributed by atoms with Gasteiger partial charge in [0.2, 0.25) is 0 Å². The molecule has 0 bridgehead atoms. The summed E-state index contributed by atoms with van der Waals surface area (Å²) in [5, 5.41) is 69.3. The van der Waals surface area contributed by atoms with Crippen LogP contribution in [0.15, 0.2) is 97.1 Å². The second-order valence-electron chi connectivity index (χ2n) is 6.01. The van der Waals surface area contributed by atoms with Crippen molar-refractivity contribution in [3.05, 3.63) is 97.1 Å². The SMILES string of the molecule is Oc1ccc(O)cc1.Oc1ccc(O)cc1.Oc1ccccc1O.Oc1ccccc1O. The zero-order valence-corrected chi connectivity index (χ0v) is 16.8. The predicted octanol–water partition coefficient (Wildman–Crippen LogP) is 4.39. The third-order valence-corrected chi connectivity index (χ3v) is 3.46. The Morgan fingerprint density at radius 1 is 0.250 bits per heavy atom. The molecule has 0 amide bonds. The predicted molar refractivity (Wildman–Crippen MR) is 119 cm³/mol. The molecule has 8 heteroatoms. The number of aromatic hydroxyl groups is 8. The zero-order valence-electron chi connectivity index (χ0n) is 16.8. The van der Waals surface area contributed by atoms with Gasteiger partial charge in [0.1, 0.15) is 23.0 Å². The van der Waals surface area contributed by atoms with Gasteiger partial charge in [0.25, 0.3) is 0 Å². The first kappa shape index (κ1) is 25.3. The van der Waals surface area contributed by atoms with E-state index in [4.69, 9.17) is 40.9 Å². The Morgan fingerprint density at radius 3 is 0.531 bits per heavy atom. The van der Waals surface area contributed by atoms with Gasteiger partial charge in [-0.2, -0.15) is 0 Å². The Hall–Kier alpha value is -4.72. The molecule has 0 radical (unpaired) electrons. The van der Waals surface area contributed by atoms with Crippen LogP contribution in [-0.4, -0.2) is 40.9 Å². The van der Waals surface area contributed by atoms with E-state index in [1.54, 1.807) is 24.3 Å². The molecule has 0 saturated carbocycles. The maximum atomic E-state index is 8.67. The summed E-state index contributed by atoms with van der Waals surface area (Å²) in [5.74, 6) is 0.371. The summed E-state index contributed by atoms with van der Waals surface area (Å²) in [7, 11) is 0. The number of hydrogen-bond acceptors (Lipinski definition) is 8. The van der Waals surface area contributed by atoms with Crippen LogP contribution in [0.2, 0.25) is 0 Å². The van der Waals surface area contributed by atoms with Crippen molar-refractivity contribution >= 4 is 0 Å². The van der Waals surface area contributed by atoms with Gasteiger partial charge < -0.3 is 40.9 Å². The molecule has 0 fully saturated rings. The summed E-state index contributed by atoms with van der Waals surface area (Å²) in [6.45, 7) is 0. The molecule has 0 spiro atoms. The minimum atomic E-state index is -0.0764. The second kappa shape index (κ2) is 13.5. The van der Waals surface area contributed by atoms with Crippen molar-refractivity contribution in [2.45, 2.75) is 0 Å². The molecule has 32 heavy (non-hydrogen) atoms. The quantitative estimate of drug-likeness (QED) is 0.147. The number of phenols is 8. The lowest BCUT2D eigenvalue weighted by Crippen LogP contribution is -1.63. The number of para-hydroxylation sites is 4. The maximum absolute atomic E-state index is 8.67. The van der Waals surface area contributed by atoms with Gasteiger partial charge in [0.15, 0.2) is 23.0 Å². The first-order valence-corrected chi connectivity index (χ1v) is 9.09. The summed E-state index contributed by atoms with van der Waals surface area (Å²) >= 11 is 0. The fourth-order valence-electron chi connectivity index (χ4n) is 1.83. The molecule has 168 valence electrons. The fourth-order valence-corrected chi connectivity index (χ4v) is 1.83. The van der Waals surface area contributed by atoms with Gasteiger partial charge in [-0.15, -0.1) is 0 Å². The average Bonchev–Trinajstić information content (AvgIpc) is 2.78. The second-order valence-corrected chi connectivity index (χ2v) is 6.01. The van der Waals surface area contributed by atoms with Crippen LogP contribution in [-0.2, 0) is 0 Å². The van der Waals surface area contributed by atoms with E-state index in [0.717, 1.165) is 0 Å². The molecular formula is C24H24O8. The Balaban J connectivity index is 0.000000213. The number of rotatable bonds is 0. The van der Waals surface area contributed by atoms with E-state index < -0.39 is 0 Å². The van der Waals surface area contributed by atoms with Crippen molar-refractivity contribution in [2.75, 3.05) is 0 Å². The molecule has 8 nitrogen and oxygen atoms in total. The van der Waals surface area contributed by atoms with Gasteiger partial charge in [-0.3, -0.25) is 0 Å². The van der Waals surface area contributed by atoms with Crippen molar-refractivity contribution < 1.29 is 40.9 Å². The molecule has 0 aliphatic rings. The molecule has 4 aromatic carbocycles. The van der Waals surface area contributed by atoms with Crippen LogP contribution in [0.5, 0.6) is 46.0 Å². The van der Waals surface area contributed by atoms with Crippen LogP contribution < -0.4 is 0 Å². The van der Waals surface area contributed by atoms with E-state index in [9.17, 15) is 0 Å². The summed E-state index contributed by atoms with van der Waals surface area (Å²) in [5.41, 5.74) is 0. The fraction of sp³-hybridized carbons (Fsp3) is 0. The van der Waals surface area contributed by atoms with Crippen LogP contribution in [0.4, 0.5) is 0 Å². The van der Waals surface area contributed by atoms with E-state index >= 15 is 0 Å².